The minimum atomic E-state index is 0.176. The van der Waals surface area contributed by atoms with E-state index in [1.54, 1.807) is 18.2 Å². The third-order valence-electron chi connectivity index (χ3n) is 2.34. The van der Waals surface area contributed by atoms with Gasteiger partial charge in [0.2, 0.25) is 0 Å². The molecule has 0 heterocycles. The van der Waals surface area contributed by atoms with Crippen molar-refractivity contribution < 1.29 is 5.11 Å². The first-order valence-corrected chi connectivity index (χ1v) is 4.94. The second-order valence-electron chi connectivity index (χ2n) is 3.36. The van der Waals surface area contributed by atoms with Crippen LogP contribution in [0.1, 0.15) is 11.1 Å². The Labute approximate surface area is 93.9 Å². The maximum absolute atomic E-state index is 9.74. The van der Waals surface area contributed by atoms with E-state index in [2.05, 4.69) is 5.10 Å². The molecule has 0 saturated heterocycles. The van der Waals surface area contributed by atoms with Crippen molar-refractivity contribution in [3.63, 3.8) is 0 Å². The fourth-order valence-corrected chi connectivity index (χ4v) is 1.57. The molecule has 0 aliphatic heterocycles. The number of nitrogens with two attached hydrogens (primary N) is 1. The molecule has 2 aromatic carbocycles. The van der Waals surface area contributed by atoms with Crippen molar-refractivity contribution in [1.82, 2.24) is 0 Å². The Hall–Kier alpha value is -2.29. The minimum absolute atomic E-state index is 0.176. The molecule has 0 radical (unpaired) electrons. The van der Waals surface area contributed by atoms with Crippen LogP contribution in [0.25, 0.3) is 0 Å². The van der Waals surface area contributed by atoms with Crippen LogP contribution < -0.4 is 5.84 Å². The van der Waals surface area contributed by atoms with Crippen LogP contribution in [0, 0.1) is 0 Å². The number of para-hydroxylation sites is 1. The monoisotopic (exact) mass is 212 g/mol. The number of nitrogens with zero attached hydrogens (tertiary/aromatic N) is 1. The van der Waals surface area contributed by atoms with Gasteiger partial charge in [0.25, 0.3) is 0 Å². The Morgan fingerprint density at radius 2 is 1.56 bits per heavy atom. The first kappa shape index (κ1) is 10.2. The average Bonchev–Trinajstić information content (AvgIpc) is 2.34. The van der Waals surface area contributed by atoms with Gasteiger partial charge in [-0.25, -0.2) is 0 Å². The molecule has 0 saturated carbocycles. The molecule has 0 aliphatic rings. The predicted molar refractivity (Wildman–Crippen MR) is 64.4 cm³/mol. The first-order valence-electron chi connectivity index (χ1n) is 4.94. The van der Waals surface area contributed by atoms with E-state index in [1.165, 1.54) is 0 Å². The number of phenolic OH excluding ortho intramolecular Hbond substituents is 1. The standard InChI is InChI=1S/C13H12N2O/c14-15-13(10-6-2-1-3-7-10)11-8-4-5-9-12(11)16/h1-9,16H,14H2. The topological polar surface area (TPSA) is 58.6 Å². The molecule has 0 amide bonds. The third-order valence-corrected chi connectivity index (χ3v) is 2.34. The molecule has 3 nitrogen and oxygen atoms in total. The summed E-state index contributed by atoms with van der Waals surface area (Å²) in [5.74, 6) is 5.56. The van der Waals surface area contributed by atoms with Gasteiger partial charge in [0.15, 0.2) is 0 Å². The molecule has 0 fully saturated rings. The molecule has 3 heteroatoms. The second-order valence-corrected chi connectivity index (χ2v) is 3.36. The van der Waals surface area contributed by atoms with Gasteiger partial charge in [-0.3, -0.25) is 0 Å². The van der Waals surface area contributed by atoms with Gasteiger partial charge in [-0.05, 0) is 12.1 Å². The number of rotatable bonds is 2. The highest BCUT2D eigenvalue weighted by Gasteiger charge is 2.09. The van der Waals surface area contributed by atoms with E-state index in [-0.39, 0.29) is 5.75 Å². The zero-order chi connectivity index (χ0) is 11.4. The molecule has 0 aliphatic carbocycles. The van der Waals surface area contributed by atoms with Crippen LogP contribution in [-0.2, 0) is 0 Å². The quantitative estimate of drug-likeness (QED) is 0.455. The van der Waals surface area contributed by atoms with Gasteiger partial charge in [0.05, 0.1) is 0 Å². The Morgan fingerprint density at radius 1 is 0.938 bits per heavy atom. The fourth-order valence-electron chi connectivity index (χ4n) is 1.57. The smallest absolute Gasteiger partial charge is 0.125 e. The molecule has 0 spiro atoms. The summed E-state index contributed by atoms with van der Waals surface area (Å²) in [5, 5.41) is 13.5. The SMILES string of the molecule is NN=C(c1ccccc1)c1ccccc1O. The summed E-state index contributed by atoms with van der Waals surface area (Å²) in [6.45, 7) is 0. The lowest BCUT2D eigenvalue weighted by Gasteiger charge is -2.07. The summed E-state index contributed by atoms with van der Waals surface area (Å²) in [6, 6.07) is 16.5. The van der Waals surface area contributed by atoms with Gasteiger partial charge in [-0.2, -0.15) is 5.10 Å². The van der Waals surface area contributed by atoms with Crippen molar-refractivity contribution in [3.8, 4) is 5.75 Å². The molecule has 80 valence electrons. The summed E-state index contributed by atoms with van der Waals surface area (Å²) in [5.41, 5.74) is 2.10. The van der Waals surface area contributed by atoms with Gasteiger partial charge in [0, 0.05) is 11.1 Å². The van der Waals surface area contributed by atoms with E-state index < -0.39 is 0 Å². The summed E-state index contributed by atoms with van der Waals surface area (Å²) in [4.78, 5) is 0. The third kappa shape index (κ3) is 1.88. The Bertz CT molecular complexity index is 506. The van der Waals surface area contributed by atoms with Crippen molar-refractivity contribution in [1.29, 1.82) is 0 Å². The van der Waals surface area contributed by atoms with Crippen molar-refractivity contribution in [2.45, 2.75) is 0 Å². The lowest BCUT2D eigenvalue weighted by Crippen LogP contribution is -2.06. The second kappa shape index (κ2) is 4.49. The Morgan fingerprint density at radius 3 is 2.19 bits per heavy atom. The number of hydrogen-bond acceptors (Lipinski definition) is 3. The van der Waals surface area contributed by atoms with Crippen LogP contribution >= 0.6 is 0 Å². The van der Waals surface area contributed by atoms with Gasteiger partial charge < -0.3 is 10.9 Å². The molecule has 2 aromatic rings. The minimum Gasteiger partial charge on any atom is -0.507 e. The molecule has 16 heavy (non-hydrogen) atoms. The van der Waals surface area contributed by atoms with Crippen LogP contribution in [0.15, 0.2) is 59.7 Å². The molecular weight excluding hydrogens is 200 g/mol. The molecule has 3 N–H and O–H groups in total. The van der Waals surface area contributed by atoms with Gasteiger partial charge in [-0.15, -0.1) is 0 Å². The number of hydrogen-bond donors (Lipinski definition) is 2. The lowest BCUT2D eigenvalue weighted by molar-refractivity contribution is 0.474. The van der Waals surface area contributed by atoms with E-state index in [1.807, 2.05) is 36.4 Å². The van der Waals surface area contributed by atoms with E-state index in [0.717, 1.165) is 5.56 Å². The van der Waals surface area contributed by atoms with E-state index >= 15 is 0 Å². The molecule has 2 rings (SSSR count). The van der Waals surface area contributed by atoms with Crippen LogP contribution in [0.2, 0.25) is 0 Å². The number of phenols is 1. The average molecular weight is 212 g/mol. The van der Waals surface area contributed by atoms with E-state index in [0.29, 0.717) is 11.3 Å². The highest BCUT2D eigenvalue weighted by atomic mass is 16.3. The number of hydrazone groups is 1. The predicted octanol–water partition coefficient (Wildman–Crippen LogP) is 2.10. The first-order chi connectivity index (χ1) is 7.83. The van der Waals surface area contributed by atoms with Crippen molar-refractivity contribution in [2.24, 2.45) is 10.9 Å². The Kier molecular flexibility index (Phi) is 2.87. The van der Waals surface area contributed by atoms with Crippen molar-refractivity contribution >= 4 is 5.71 Å². The van der Waals surface area contributed by atoms with Crippen molar-refractivity contribution in [2.75, 3.05) is 0 Å². The number of benzene rings is 2. The highest BCUT2D eigenvalue weighted by molar-refractivity contribution is 6.14. The summed E-state index contributed by atoms with van der Waals surface area (Å²) in [7, 11) is 0. The van der Waals surface area contributed by atoms with Gasteiger partial charge in [0.1, 0.15) is 11.5 Å². The lowest BCUT2D eigenvalue weighted by atomic mass is 10.0. The van der Waals surface area contributed by atoms with Crippen LogP contribution in [-0.4, -0.2) is 10.8 Å². The molecule has 0 atom stereocenters. The van der Waals surface area contributed by atoms with Crippen LogP contribution in [0.5, 0.6) is 5.75 Å². The summed E-state index contributed by atoms with van der Waals surface area (Å²) in [6.07, 6.45) is 0. The van der Waals surface area contributed by atoms with Crippen LogP contribution in [0.3, 0.4) is 0 Å². The zero-order valence-electron chi connectivity index (χ0n) is 8.67. The van der Waals surface area contributed by atoms with E-state index in [9.17, 15) is 5.11 Å². The largest absolute Gasteiger partial charge is 0.507 e. The van der Waals surface area contributed by atoms with Gasteiger partial charge >= 0.3 is 0 Å². The molecular formula is C13H12N2O. The van der Waals surface area contributed by atoms with Crippen molar-refractivity contribution in [3.05, 3.63) is 65.7 Å². The Balaban J connectivity index is 2.51. The normalized spacial score (nSPS) is 11.4. The van der Waals surface area contributed by atoms with Crippen LogP contribution in [0.4, 0.5) is 0 Å². The zero-order valence-corrected chi connectivity index (χ0v) is 8.67. The maximum atomic E-state index is 9.74. The maximum Gasteiger partial charge on any atom is 0.125 e. The van der Waals surface area contributed by atoms with Gasteiger partial charge in [-0.1, -0.05) is 42.5 Å². The summed E-state index contributed by atoms with van der Waals surface area (Å²) < 4.78 is 0. The molecule has 0 bridgehead atoms. The molecule has 0 aromatic heterocycles. The molecule has 0 unspecified atom stereocenters. The fraction of sp³-hybridized carbons (Fsp3) is 0. The number of aromatic hydroxyl groups is 1. The highest BCUT2D eigenvalue weighted by Crippen LogP contribution is 2.20. The van der Waals surface area contributed by atoms with E-state index in [4.69, 9.17) is 5.84 Å². The summed E-state index contributed by atoms with van der Waals surface area (Å²) >= 11 is 0.